The maximum absolute atomic E-state index is 13.0. The molecule has 18 heteroatoms. The van der Waals surface area contributed by atoms with Gasteiger partial charge in [-0.15, -0.1) is 0 Å². The molecule has 612 valence electrons. The van der Waals surface area contributed by atoms with E-state index in [1.165, 1.54) is 89.9 Å². The highest BCUT2D eigenvalue weighted by molar-refractivity contribution is 7.47. The molecular formula is C89H150O16P2. The Bertz CT molecular complexity index is 2580. The van der Waals surface area contributed by atoms with E-state index < -0.39 is 91.5 Å². The van der Waals surface area contributed by atoms with Crippen molar-refractivity contribution in [3.8, 4) is 0 Å². The van der Waals surface area contributed by atoms with Crippen LogP contribution >= 0.6 is 15.6 Å². The van der Waals surface area contributed by atoms with Crippen LogP contribution < -0.4 is 0 Å². The van der Waals surface area contributed by atoms with Gasteiger partial charge < -0.3 is 34.2 Å². The number of aliphatic hydroxyl groups is 2. The van der Waals surface area contributed by atoms with Gasteiger partial charge in [0.15, 0.2) is 6.10 Å². The lowest BCUT2D eigenvalue weighted by Crippen LogP contribution is -2.30. The van der Waals surface area contributed by atoms with Crippen LogP contribution in [0.5, 0.6) is 0 Å². The third-order valence-corrected chi connectivity index (χ3v) is 19.1. The van der Waals surface area contributed by atoms with Gasteiger partial charge >= 0.3 is 33.6 Å². The van der Waals surface area contributed by atoms with E-state index in [0.717, 1.165) is 180 Å². The van der Waals surface area contributed by atoms with Gasteiger partial charge in [0.1, 0.15) is 25.4 Å². The summed E-state index contributed by atoms with van der Waals surface area (Å²) in [6.45, 7) is 2.41. The Morgan fingerprint density at radius 1 is 0.271 bits per heavy atom. The fourth-order valence-corrected chi connectivity index (χ4v) is 12.5. The Balaban J connectivity index is 4.56. The highest BCUT2D eigenvalue weighted by Gasteiger charge is 2.29. The van der Waals surface area contributed by atoms with E-state index in [2.05, 4.69) is 179 Å². The van der Waals surface area contributed by atoms with Crippen LogP contribution in [0, 0.1) is 0 Å². The van der Waals surface area contributed by atoms with E-state index in [1.807, 2.05) is 0 Å². The largest absolute Gasteiger partial charge is 0.472 e. The van der Waals surface area contributed by atoms with E-state index in [-0.39, 0.29) is 19.3 Å². The minimum Gasteiger partial charge on any atom is -0.463 e. The van der Waals surface area contributed by atoms with Gasteiger partial charge in [0.25, 0.3) is 0 Å². The van der Waals surface area contributed by atoms with Crippen molar-refractivity contribution in [2.24, 2.45) is 0 Å². The van der Waals surface area contributed by atoms with Crippen molar-refractivity contribution in [2.75, 3.05) is 39.6 Å². The first-order valence-electron chi connectivity index (χ1n) is 41.8. The second kappa shape index (κ2) is 80.7. The van der Waals surface area contributed by atoms with Crippen LogP contribution in [0.25, 0.3) is 0 Å². The molecule has 4 N–H and O–H groups in total. The van der Waals surface area contributed by atoms with Crippen LogP contribution in [-0.4, -0.2) is 95.9 Å². The minimum atomic E-state index is -4.94. The van der Waals surface area contributed by atoms with Gasteiger partial charge in [-0.2, -0.15) is 0 Å². The third-order valence-electron chi connectivity index (χ3n) is 17.2. The summed E-state index contributed by atoms with van der Waals surface area (Å²) in [6, 6.07) is 0. The molecule has 0 radical (unpaired) electrons. The normalized spacial score (nSPS) is 14.7. The monoisotopic (exact) mass is 1540 g/mol. The fourth-order valence-electron chi connectivity index (χ4n) is 10.9. The molecule has 5 atom stereocenters. The Hall–Kier alpha value is -4.83. The summed E-state index contributed by atoms with van der Waals surface area (Å²) in [4.78, 5) is 58.8. The zero-order valence-corrected chi connectivity index (χ0v) is 68.8. The van der Waals surface area contributed by atoms with Crippen molar-refractivity contribution in [2.45, 2.75) is 347 Å². The molecule has 0 aromatic heterocycles. The number of aliphatic hydroxyl groups excluding tert-OH is 2. The van der Waals surface area contributed by atoms with Crippen molar-refractivity contribution < 1.29 is 75.8 Å². The quantitative estimate of drug-likeness (QED) is 0.0146. The topological polar surface area (TPSA) is 231 Å². The molecular weight excluding hydrogens is 1390 g/mol. The Kier molecular flexibility index (Phi) is 77.0. The first kappa shape index (κ1) is 102. The maximum atomic E-state index is 13.0. The number of hydrogen-bond acceptors (Lipinski definition) is 14. The smallest absolute Gasteiger partial charge is 0.463 e. The summed E-state index contributed by atoms with van der Waals surface area (Å²) >= 11 is 0. The molecule has 0 rings (SSSR count). The van der Waals surface area contributed by atoms with Gasteiger partial charge in [0, 0.05) is 19.3 Å². The molecule has 0 aromatic carbocycles. The number of ether oxygens (including phenoxy) is 3. The number of hydrogen-bond donors (Lipinski definition) is 4. The molecule has 0 aliphatic rings. The predicted molar refractivity (Wildman–Crippen MR) is 445 cm³/mol. The molecule has 0 saturated carbocycles. The van der Waals surface area contributed by atoms with Crippen LogP contribution in [0.15, 0.2) is 158 Å². The van der Waals surface area contributed by atoms with E-state index in [0.29, 0.717) is 19.3 Å². The minimum absolute atomic E-state index is 0.0828. The van der Waals surface area contributed by atoms with E-state index >= 15 is 0 Å². The lowest BCUT2D eigenvalue weighted by molar-refractivity contribution is -0.161. The number of rotatable bonds is 78. The molecule has 0 aliphatic heterocycles. The van der Waals surface area contributed by atoms with Crippen molar-refractivity contribution >= 4 is 33.6 Å². The second-order valence-corrected chi connectivity index (χ2v) is 30.4. The number of phosphoric ester groups is 2. The highest BCUT2D eigenvalue weighted by atomic mass is 31.2. The Morgan fingerprint density at radius 2 is 0.495 bits per heavy atom. The number of carbonyl (C=O) groups excluding carboxylic acids is 3. The third kappa shape index (κ3) is 82.0. The van der Waals surface area contributed by atoms with Crippen LogP contribution in [0.1, 0.15) is 329 Å². The number of esters is 3. The van der Waals surface area contributed by atoms with E-state index in [9.17, 15) is 43.5 Å². The van der Waals surface area contributed by atoms with Gasteiger partial charge in [0.05, 0.1) is 26.4 Å². The van der Waals surface area contributed by atoms with Crippen LogP contribution in [0.3, 0.4) is 0 Å². The average Bonchev–Trinajstić information content (AvgIpc) is 0.913. The SMILES string of the molecule is CC/C=C\C/C=C\C/C=C\C/C=C\C/C=C\C/C=C\CCCCCCCCCCC(=O)OCC(COP(=O)(O)OCC(O)COP(=O)(O)OCC(O)COC(=O)CCCCCCCCCCCCCCC/C=C\C/C=C\C/C=C\C/C=C\C/C=C\CC)OC(=O)CCCCCCC/C=C\C/C=C\CCCCC. The van der Waals surface area contributed by atoms with Crippen molar-refractivity contribution in [1.82, 2.24) is 0 Å². The highest BCUT2D eigenvalue weighted by Crippen LogP contribution is 2.45. The zero-order valence-electron chi connectivity index (χ0n) is 67.0. The van der Waals surface area contributed by atoms with Gasteiger partial charge in [-0.1, -0.05) is 320 Å². The first-order chi connectivity index (χ1) is 52.2. The van der Waals surface area contributed by atoms with Crippen molar-refractivity contribution in [3.63, 3.8) is 0 Å². The van der Waals surface area contributed by atoms with Gasteiger partial charge in [0.2, 0.25) is 0 Å². The van der Waals surface area contributed by atoms with Crippen molar-refractivity contribution in [1.29, 1.82) is 0 Å². The molecule has 0 saturated heterocycles. The lowest BCUT2D eigenvalue weighted by Gasteiger charge is -2.21. The summed E-state index contributed by atoms with van der Waals surface area (Å²) in [5.41, 5.74) is 0. The van der Waals surface area contributed by atoms with Crippen LogP contribution in [0.2, 0.25) is 0 Å². The molecule has 16 nitrogen and oxygen atoms in total. The summed E-state index contributed by atoms with van der Waals surface area (Å²) in [7, 11) is -9.81. The molecule has 0 aliphatic carbocycles. The van der Waals surface area contributed by atoms with Gasteiger partial charge in [-0.25, -0.2) is 9.13 Å². The van der Waals surface area contributed by atoms with Gasteiger partial charge in [-0.05, 0) is 148 Å². The fraction of sp³-hybridized carbons (Fsp3) is 0.674. The molecule has 0 spiro atoms. The molecule has 0 heterocycles. The molecule has 0 bridgehead atoms. The lowest BCUT2D eigenvalue weighted by atomic mass is 10.0. The Labute approximate surface area is 650 Å². The molecule has 0 fully saturated rings. The van der Waals surface area contributed by atoms with Gasteiger partial charge in [-0.3, -0.25) is 32.5 Å². The molecule has 107 heavy (non-hydrogen) atoms. The van der Waals surface area contributed by atoms with E-state index in [4.69, 9.17) is 32.3 Å². The van der Waals surface area contributed by atoms with Crippen molar-refractivity contribution in [3.05, 3.63) is 158 Å². The maximum Gasteiger partial charge on any atom is 0.472 e. The number of carbonyl (C=O) groups is 3. The number of phosphoric acid groups is 2. The first-order valence-corrected chi connectivity index (χ1v) is 44.8. The molecule has 5 unspecified atom stereocenters. The second-order valence-electron chi connectivity index (χ2n) is 27.5. The number of unbranched alkanes of at least 4 members (excludes halogenated alkanes) is 29. The standard InChI is InChI=1S/C89H150O16P2/c1-4-7-10-13-16-19-22-25-28-30-32-34-36-38-40-41-43-45-46-48-50-52-55-57-60-63-66-69-72-75-87(92)99-78-84(90)79-101-106(95,96)102-80-85(91)81-103-107(97,98)104-83-86(105-89(94)77-74-71-68-65-62-59-54-27-24-21-18-15-12-9-6-3)82-100-88(93)76-73-70-67-64-61-58-56-53-51-49-47-44-42-39-37-35-33-31-29-26-23-20-17-14-11-8-5-2/h7-8,10-11,16-21,25-29,32-35,38-40,42,47,49,54,84-86,90-91H,4-6,9,12-15,22-24,30-31,36-37,41,43-46,48,50-53,55-83H2,1-3H3,(H,95,96)(H,97,98)/b10-7-,11-8-,19-16-,20-17-,21-18-,28-25-,29-26-,34-32-,35-33-,40-38-,42-39-,49-47-,54-27-. The van der Waals surface area contributed by atoms with Crippen LogP contribution in [-0.2, 0) is 55.8 Å². The zero-order chi connectivity index (χ0) is 78.0. The predicted octanol–water partition coefficient (Wildman–Crippen LogP) is 25.0. The molecule has 0 aromatic rings. The van der Waals surface area contributed by atoms with E-state index in [1.54, 1.807) is 0 Å². The number of allylic oxidation sites excluding steroid dienone is 26. The summed E-state index contributed by atoms with van der Waals surface area (Å²) in [5, 5.41) is 20.7. The Morgan fingerprint density at radius 3 is 0.785 bits per heavy atom. The molecule has 0 amide bonds. The summed E-state index contributed by atoms with van der Waals surface area (Å²) in [5.74, 6) is -1.60. The van der Waals surface area contributed by atoms with Crippen LogP contribution in [0.4, 0.5) is 0 Å². The summed E-state index contributed by atoms with van der Waals surface area (Å²) < 4.78 is 61.2. The average molecular weight is 1540 g/mol. The summed E-state index contributed by atoms with van der Waals surface area (Å²) in [6.07, 6.45) is 101.